The van der Waals surface area contributed by atoms with E-state index in [1.807, 2.05) is 31.2 Å². The zero-order valence-electron chi connectivity index (χ0n) is 11.7. The molecule has 1 aliphatic carbocycles. The van der Waals surface area contributed by atoms with Gasteiger partial charge >= 0.3 is 0 Å². The standard InChI is InChI=1S/C16H20N2O2/c1-11-6-5-7-12(10-11)15-17-16(20-18-15)13-8-3-2-4-9-14(13)19/h5-7,10,13-14,19H,2-4,8-9H2,1H3. The molecule has 1 aromatic heterocycles. The lowest BCUT2D eigenvalue weighted by molar-refractivity contribution is 0.119. The van der Waals surface area contributed by atoms with Crippen LogP contribution in [0.3, 0.4) is 0 Å². The van der Waals surface area contributed by atoms with E-state index >= 15 is 0 Å². The second-order valence-corrected chi connectivity index (χ2v) is 5.64. The SMILES string of the molecule is Cc1cccc(-c2noc(C3CCCCCC3O)n2)c1. The highest BCUT2D eigenvalue weighted by Gasteiger charge is 2.28. The summed E-state index contributed by atoms with van der Waals surface area (Å²) in [5, 5.41) is 14.3. The summed E-state index contributed by atoms with van der Waals surface area (Å²) in [5.74, 6) is 1.18. The van der Waals surface area contributed by atoms with E-state index in [-0.39, 0.29) is 12.0 Å². The van der Waals surface area contributed by atoms with Crippen LogP contribution in [0.5, 0.6) is 0 Å². The zero-order valence-corrected chi connectivity index (χ0v) is 11.7. The van der Waals surface area contributed by atoms with Gasteiger partial charge in [0.1, 0.15) is 0 Å². The second kappa shape index (κ2) is 5.75. The topological polar surface area (TPSA) is 59.2 Å². The van der Waals surface area contributed by atoms with Gasteiger partial charge in [0.15, 0.2) is 0 Å². The molecule has 0 bridgehead atoms. The van der Waals surface area contributed by atoms with E-state index in [1.54, 1.807) is 0 Å². The number of benzene rings is 1. The van der Waals surface area contributed by atoms with E-state index in [0.29, 0.717) is 11.7 Å². The number of nitrogens with zero attached hydrogens (tertiary/aromatic N) is 2. The van der Waals surface area contributed by atoms with Crippen LogP contribution in [0.2, 0.25) is 0 Å². The van der Waals surface area contributed by atoms with Crippen LogP contribution in [0.15, 0.2) is 28.8 Å². The van der Waals surface area contributed by atoms with Gasteiger partial charge in [0, 0.05) is 5.56 Å². The van der Waals surface area contributed by atoms with E-state index in [9.17, 15) is 5.11 Å². The molecule has 4 heteroatoms. The van der Waals surface area contributed by atoms with Gasteiger partial charge in [-0.15, -0.1) is 0 Å². The van der Waals surface area contributed by atoms with Gasteiger partial charge in [-0.05, 0) is 25.8 Å². The van der Waals surface area contributed by atoms with E-state index in [0.717, 1.165) is 31.2 Å². The summed E-state index contributed by atoms with van der Waals surface area (Å²) in [6.45, 7) is 2.04. The lowest BCUT2D eigenvalue weighted by Crippen LogP contribution is -2.17. The van der Waals surface area contributed by atoms with Crippen LogP contribution >= 0.6 is 0 Å². The van der Waals surface area contributed by atoms with E-state index in [2.05, 4.69) is 10.1 Å². The molecule has 0 amide bonds. The fraction of sp³-hybridized carbons (Fsp3) is 0.500. The van der Waals surface area contributed by atoms with Crippen molar-refractivity contribution in [3.63, 3.8) is 0 Å². The van der Waals surface area contributed by atoms with Gasteiger partial charge in [0.05, 0.1) is 12.0 Å². The minimum atomic E-state index is -0.358. The van der Waals surface area contributed by atoms with Crippen LogP contribution in [0, 0.1) is 6.92 Å². The smallest absolute Gasteiger partial charge is 0.232 e. The summed E-state index contributed by atoms with van der Waals surface area (Å²) in [4.78, 5) is 4.50. The van der Waals surface area contributed by atoms with Crippen molar-refractivity contribution < 1.29 is 9.63 Å². The summed E-state index contributed by atoms with van der Waals surface area (Å²) >= 11 is 0. The molecule has 1 fully saturated rings. The Kier molecular flexibility index (Phi) is 3.83. The maximum atomic E-state index is 10.2. The molecule has 106 valence electrons. The molecule has 20 heavy (non-hydrogen) atoms. The maximum Gasteiger partial charge on any atom is 0.232 e. The Labute approximate surface area is 118 Å². The Morgan fingerprint density at radius 3 is 2.90 bits per heavy atom. The van der Waals surface area contributed by atoms with Crippen LogP contribution in [0.25, 0.3) is 11.4 Å². The molecule has 1 N–H and O–H groups in total. The molecule has 4 nitrogen and oxygen atoms in total. The second-order valence-electron chi connectivity index (χ2n) is 5.64. The highest BCUT2D eigenvalue weighted by Crippen LogP contribution is 2.32. The van der Waals surface area contributed by atoms with Crippen molar-refractivity contribution in [3.8, 4) is 11.4 Å². The predicted molar refractivity (Wildman–Crippen MR) is 76.3 cm³/mol. The first kappa shape index (κ1) is 13.3. The lowest BCUT2D eigenvalue weighted by Gasteiger charge is -2.15. The number of aromatic nitrogens is 2. The van der Waals surface area contributed by atoms with Crippen LogP contribution in [-0.2, 0) is 0 Å². The molecule has 0 radical (unpaired) electrons. The Morgan fingerprint density at radius 2 is 2.05 bits per heavy atom. The van der Waals surface area contributed by atoms with Crippen molar-refractivity contribution in [3.05, 3.63) is 35.7 Å². The summed E-state index contributed by atoms with van der Waals surface area (Å²) < 4.78 is 5.40. The van der Waals surface area contributed by atoms with Crippen LogP contribution in [0.4, 0.5) is 0 Å². The predicted octanol–water partition coefficient (Wildman–Crippen LogP) is 3.45. The molecule has 0 aliphatic heterocycles. The van der Waals surface area contributed by atoms with Gasteiger partial charge < -0.3 is 9.63 Å². The molecule has 0 spiro atoms. The average Bonchev–Trinajstić information content (AvgIpc) is 2.82. The molecular weight excluding hydrogens is 252 g/mol. The molecule has 2 aromatic rings. The first-order valence-electron chi connectivity index (χ1n) is 7.33. The maximum absolute atomic E-state index is 10.2. The van der Waals surface area contributed by atoms with Crippen molar-refractivity contribution in [2.24, 2.45) is 0 Å². The third-order valence-corrected chi connectivity index (χ3v) is 4.01. The van der Waals surface area contributed by atoms with Crippen molar-refractivity contribution >= 4 is 0 Å². The molecule has 2 unspecified atom stereocenters. The highest BCUT2D eigenvalue weighted by atomic mass is 16.5. The van der Waals surface area contributed by atoms with E-state index in [1.165, 1.54) is 12.0 Å². The fourth-order valence-electron chi connectivity index (χ4n) is 2.86. The van der Waals surface area contributed by atoms with Crippen molar-refractivity contribution in [1.29, 1.82) is 0 Å². The highest BCUT2D eigenvalue weighted by molar-refractivity contribution is 5.55. The molecule has 1 heterocycles. The summed E-state index contributed by atoms with van der Waals surface area (Å²) in [6.07, 6.45) is 4.76. The molecule has 0 saturated heterocycles. The molecule has 1 aliphatic rings. The Bertz CT molecular complexity index is 579. The Balaban J connectivity index is 1.86. The third kappa shape index (κ3) is 2.75. The number of hydrogen-bond donors (Lipinski definition) is 1. The fourth-order valence-corrected chi connectivity index (χ4v) is 2.86. The van der Waals surface area contributed by atoms with E-state index in [4.69, 9.17) is 4.52 Å². The van der Waals surface area contributed by atoms with Gasteiger partial charge in [-0.2, -0.15) is 4.98 Å². The first-order valence-corrected chi connectivity index (χ1v) is 7.33. The van der Waals surface area contributed by atoms with Gasteiger partial charge in [-0.25, -0.2) is 0 Å². The molecule has 1 saturated carbocycles. The largest absolute Gasteiger partial charge is 0.392 e. The Morgan fingerprint density at radius 1 is 1.20 bits per heavy atom. The monoisotopic (exact) mass is 272 g/mol. The zero-order chi connectivity index (χ0) is 13.9. The average molecular weight is 272 g/mol. The van der Waals surface area contributed by atoms with Crippen molar-refractivity contribution in [1.82, 2.24) is 10.1 Å². The van der Waals surface area contributed by atoms with Crippen molar-refractivity contribution in [2.45, 2.75) is 51.0 Å². The van der Waals surface area contributed by atoms with Gasteiger partial charge in [0.25, 0.3) is 0 Å². The minimum absolute atomic E-state index is 0.0106. The number of hydrogen-bond acceptors (Lipinski definition) is 4. The van der Waals surface area contributed by atoms with Gasteiger partial charge in [-0.1, -0.05) is 48.2 Å². The van der Waals surface area contributed by atoms with Gasteiger partial charge in [-0.3, -0.25) is 0 Å². The minimum Gasteiger partial charge on any atom is -0.392 e. The summed E-state index contributed by atoms with van der Waals surface area (Å²) in [6, 6.07) is 8.05. The molecule has 1 aromatic carbocycles. The van der Waals surface area contributed by atoms with E-state index < -0.39 is 0 Å². The first-order chi connectivity index (χ1) is 9.74. The normalized spacial score (nSPS) is 23.5. The van der Waals surface area contributed by atoms with Gasteiger partial charge in [0.2, 0.25) is 11.7 Å². The lowest BCUT2D eigenvalue weighted by atomic mass is 9.97. The molecule has 3 rings (SSSR count). The van der Waals surface area contributed by atoms with Crippen LogP contribution < -0.4 is 0 Å². The number of aryl methyl sites for hydroxylation is 1. The number of rotatable bonds is 2. The molecular formula is C16H20N2O2. The molecule has 2 atom stereocenters. The third-order valence-electron chi connectivity index (χ3n) is 4.01. The Hall–Kier alpha value is -1.68. The number of aliphatic hydroxyl groups is 1. The number of aliphatic hydroxyl groups excluding tert-OH is 1. The quantitative estimate of drug-likeness (QED) is 0.851. The summed E-state index contributed by atoms with van der Waals surface area (Å²) in [7, 11) is 0. The van der Waals surface area contributed by atoms with Crippen LogP contribution in [-0.4, -0.2) is 21.4 Å². The van der Waals surface area contributed by atoms with Crippen molar-refractivity contribution in [2.75, 3.05) is 0 Å². The summed E-state index contributed by atoms with van der Waals surface area (Å²) in [5.41, 5.74) is 2.13. The van der Waals surface area contributed by atoms with Crippen LogP contribution in [0.1, 0.15) is 49.5 Å².